The van der Waals surface area contributed by atoms with Crippen LogP contribution in [0, 0.1) is 17.0 Å². The number of carbonyl (C=O) groups is 1. The summed E-state index contributed by atoms with van der Waals surface area (Å²) in [5, 5.41) is 19.6. The van der Waals surface area contributed by atoms with Crippen LogP contribution in [0.4, 0.5) is 17.1 Å². The van der Waals surface area contributed by atoms with Crippen LogP contribution in [0.25, 0.3) is 0 Å². The van der Waals surface area contributed by atoms with Crippen molar-refractivity contribution in [3.63, 3.8) is 0 Å². The number of amides is 1. The molecule has 2 N–H and O–H groups in total. The number of carbonyl (C=O) groups excluding carboxylic acids is 1. The summed E-state index contributed by atoms with van der Waals surface area (Å²) in [7, 11) is 0. The van der Waals surface area contributed by atoms with Crippen molar-refractivity contribution in [3.05, 3.63) is 99.3 Å². The van der Waals surface area contributed by atoms with Crippen molar-refractivity contribution in [2.75, 3.05) is 10.6 Å². The number of hydrogen-bond acceptors (Lipinski definition) is 8. The number of nitro benzene ring substituents is 1. The Bertz CT molecular complexity index is 1310. The maximum atomic E-state index is 12.7. The van der Waals surface area contributed by atoms with E-state index in [-0.39, 0.29) is 17.3 Å². The lowest BCUT2D eigenvalue weighted by atomic mass is 10.1. The Hall–Kier alpha value is -3.76. The molecule has 1 atom stereocenters. The van der Waals surface area contributed by atoms with Crippen LogP contribution in [0.3, 0.4) is 0 Å². The van der Waals surface area contributed by atoms with Crippen molar-refractivity contribution in [2.24, 2.45) is 0 Å². The lowest BCUT2D eigenvalue weighted by Gasteiger charge is -2.15. The van der Waals surface area contributed by atoms with Gasteiger partial charge in [0.15, 0.2) is 4.34 Å². The first-order chi connectivity index (χ1) is 16.4. The molecule has 34 heavy (non-hydrogen) atoms. The summed E-state index contributed by atoms with van der Waals surface area (Å²) < 4.78 is 0.952. The van der Waals surface area contributed by atoms with Crippen LogP contribution in [-0.4, -0.2) is 20.8 Å². The van der Waals surface area contributed by atoms with Crippen LogP contribution in [0.1, 0.15) is 34.7 Å². The van der Waals surface area contributed by atoms with Crippen LogP contribution in [0.5, 0.6) is 0 Å². The summed E-state index contributed by atoms with van der Waals surface area (Å²) in [6, 6.07) is 17.0. The van der Waals surface area contributed by atoms with Gasteiger partial charge in [-0.25, -0.2) is 4.98 Å². The highest BCUT2D eigenvalue weighted by Crippen LogP contribution is 2.32. The Morgan fingerprint density at radius 1 is 1.15 bits per heavy atom. The van der Waals surface area contributed by atoms with Gasteiger partial charge < -0.3 is 10.6 Å². The highest BCUT2D eigenvalue weighted by molar-refractivity contribution is 8.01. The Balaban J connectivity index is 1.45. The van der Waals surface area contributed by atoms with Gasteiger partial charge in [0.25, 0.3) is 11.6 Å². The zero-order chi connectivity index (χ0) is 24.1. The summed E-state index contributed by atoms with van der Waals surface area (Å²) >= 11 is 3.13. The number of nitro groups is 1. The van der Waals surface area contributed by atoms with Gasteiger partial charge in [0, 0.05) is 39.5 Å². The molecule has 1 unspecified atom stereocenters. The Labute approximate surface area is 204 Å². The minimum atomic E-state index is -0.503. The molecule has 10 heteroatoms. The van der Waals surface area contributed by atoms with Crippen LogP contribution in [-0.2, 0) is 0 Å². The quantitative estimate of drug-likeness (QED) is 0.219. The Kier molecular flexibility index (Phi) is 7.19. The molecule has 2 aromatic heterocycles. The number of nitrogens with one attached hydrogen (secondary N) is 2. The molecule has 0 bridgehead atoms. The highest BCUT2D eigenvalue weighted by atomic mass is 32.2. The SMILES string of the molecule is Cc1csc(Sc2ccc(NC(=O)c3ccc(NC(C)c4ccccn4)c([N+](=O)[O-])c3)cc2)n1. The zero-order valence-electron chi connectivity index (χ0n) is 18.4. The summed E-state index contributed by atoms with van der Waals surface area (Å²) in [5.41, 5.74) is 2.67. The molecule has 0 fully saturated rings. The van der Waals surface area contributed by atoms with E-state index in [1.165, 1.54) is 6.07 Å². The Morgan fingerprint density at radius 3 is 2.59 bits per heavy atom. The summed E-state index contributed by atoms with van der Waals surface area (Å²) in [6.07, 6.45) is 1.67. The molecule has 8 nitrogen and oxygen atoms in total. The maximum Gasteiger partial charge on any atom is 0.293 e. The van der Waals surface area contributed by atoms with Crippen LogP contribution in [0.2, 0.25) is 0 Å². The van der Waals surface area contributed by atoms with Gasteiger partial charge in [0.2, 0.25) is 0 Å². The molecule has 2 heterocycles. The second kappa shape index (κ2) is 10.4. The second-order valence-electron chi connectivity index (χ2n) is 7.45. The predicted molar refractivity (Wildman–Crippen MR) is 135 cm³/mol. The molecule has 0 aliphatic carbocycles. The molecular weight excluding hydrogens is 470 g/mol. The number of anilines is 2. The smallest absolute Gasteiger partial charge is 0.293 e. The molecule has 0 spiro atoms. The van der Waals surface area contributed by atoms with E-state index in [9.17, 15) is 14.9 Å². The number of thiazole rings is 1. The number of pyridine rings is 1. The number of hydrogen-bond donors (Lipinski definition) is 2. The average molecular weight is 492 g/mol. The Morgan fingerprint density at radius 2 is 1.94 bits per heavy atom. The lowest BCUT2D eigenvalue weighted by molar-refractivity contribution is -0.384. The van der Waals surface area contributed by atoms with Crippen LogP contribution >= 0.6 is 23.1 Å². The van der Waals surface area contributed by atoms with Gasteiger partial charge in [-0.15, -0.1) is 11.3 Å². The van der Waals surface area contributed by atoms with E-state index in [0.717, 1.165) is 20.6 Å². The number of aromatic nitrogens is 2. The van der Waals surface area contributed by atoms with E-state index in [1.807, 2.05) is 43.5 Å². The van der Waals surface area contributed by atoms with Crippen molar-refractivity contribution < 1.29 is 9.72 Å². The topological polar surface area (TPSA) is 110 Å². The number of aryl methyl sites for hydroxylation is 1. The maximum absolute atomic E-state index is 12.7. The van der Waals surface area contributed by atoms with E-state index >= 15 is 0 Å². The molecule has 4 rings (SSSR count). The van der Waals surface area contributed by atoms with Crippen molar-refractivity contribution >= 4 is 46.1 Å². The first-order valence-corrected chi connectivity index (χ1v) is 12.1. The van der Waals surface area contributed by atoms with Gasteiger partial charge in [-0.2, -0.15) is 0 Å². The summed E-state index contributed by atoms with van der Waals surface area (Å²) in [6.45, 7) is 3.82. The predicted octanol–water partition coefficient (Wildman–Crippen LogP) is 6.33. The fourth-order valence-electron chi connectivity index (χ4n) is 3.17. The molecular formula is C24H21N5O3S2. The lowest BCUT2D eigenvalue weighted by Crippen LogP contribution is -2.14. The molecule has 0 radical (unpaired) electrons. The van der Waals surface area contributed by atoms with Crippen LogP contribution < -0.4 is 10.6 Å². The molecule has 0 aliphatic rings. The van der Waals surface area contributed by atoms with Gasteiger partial charge in [-0.05, 0) is 62.4 Å². The van der Waals surface area contributed by atoms with E-state index < -0.39 is 10.8 Å². The van der Waals surface area contributed by atoms with Gasteiger partial charge >= 0.3 is 0 Å². The monoisotopic (exact) mass is 491 g/mol. The highest BCUT2D eigenvalue weighted by Gasteiger charge is 2.20. The molecule has 0 saturated heterocycles. The minimum Gasteiger partial charge on any atom is -0.371 e. The third-order valence-corrected chi connectivity index (χ3v) is 6.94. The van der Waals surface area contributed by atoms with Gasteiger partial charge in [-0.1, -0.05) is 17.8 Å². The van der Waals surface area contributed by atoms with Crippen molar-refractivity contribution in [1.29, 1.82) is 0 Å². The molecule has 4 aromatic rings. The van der Waals surface area contributed by atoms with Gasteiger partial charge in [0.05, 0.1) is 16.7 Å². The van der Waals surface area contributed by atoms with Crippen molar-refractivity contribution in [3.8, 4) is 0 Å². The van der Waals surface area contributed by atoms with E-state index in [1.54, 1.807) is 59.6 Å². The molecule has 0 saturated carbocycles. The van der Waals surface area contributed by atoms with Gasteiger partial charge in [0.1, 0.15) is 5.69 Å². The molecule has 1 amide bonds. The van der Waals surface area contributed by atoms with E-state index in [4.69, 9.17) is 0 Å². The first-order valence-electron chi connectivity index (χ1n) is 10.4. The fourth-order valence-corrected chi connectivity index (χ4v) is 4.98. The third-order valence-electron chi connectivity index (χ3n) is 4.88. The largest absolute Gasteiger partial charge is 0.371 e. The summed E-state index contributed by atoms with van der Waals surface area (Å²) in [5.74, 6) is -0.427. The number of rotatable bonds is 8. The second-order valence-corrected chi connectivity index (χ2v) is 9.62. The summed E-state index contributed by atoms with van der Waals surface area (Å²) in [4.78, 5) is 33.6. The van der Waals surface area contributed by atoms with Gasteiger partial charge in [-0.3, -0.25) is 19.9 Å². The van der Waals surface area contributed by atoms with Crippen molar-refractivity contribution in [1.82, 2.24) is 9.97 Å². The number of benzene rings is 2. The molecule has 2 aromatic carbocycles. The molecule has 172 valence electrons. The fraction of sp³-hybridized carbons (Fsp3) is 0.125. The van der Waals surface area contributed by atoms with E-state index in [0.29, 0.717) is 11.4 Å². The average Bonchev–Trinajstić information content (AvgIpc) is 3.25. The third kappa shape index (κ3) is 5.77. The molecule has 0 aliphatic heterocycles. The van der Waals surface area contributed by atoms with E-state index in [2.05, 4.69) is 20.6 Å². The number of nitrogens with zero attached hydrogens (tertiary/aromatic N) is 3. The van der Waals surface area contributed by atoms with Crippen molar-refractivity contribution in [2.45, 2.75) is 29.1 Å². The minimum absolute atomic E-state index is 0.180. The van der Waals surface area contributed by atoms with Crippen LogP contribution in [0.15, 0.2) is 81.5 Å². The normalized spacial score (nSPS) is 11.6. The standard InChI is InChI=1S/C24H21N5O3S2/c1-15-14-33-24(26-15)34-19-9-7-18(8-10-19)28-23(30)17-6-11-21(22(13-17)29(31)32)27-16(2)20-5-3-4-12-25-20/h3-14,16,27H,1-2H3,(H,28,30). The first kappa shape index (κ1) is 23.4. The zero-order valence-corrected chi connectivity index (χ0v) is 20.0.